The molecule has 3 heteroatoms. The van der Waals surface area contributed by atoms with Crippen molar-refractivity contribution in [3.63, 3.8) is 0 Å². The topological polar surface area (TPSA) is 0 Å². The summed E-state index contributed by atoms with van der Waals surface area (Å²) in [4.78, 5) is 0. The van der Waals surface area contributed by atoms with Crippen LogP contribution in [0.1, 0.15) is 12.8 Å². The van der Waals surface area contributed by atoms with Crippen molar-refractivity contribution in [2.45, 2.75) is 12.8 Å². The Morgan fingerprint density at radius 2 is 0.769 bits per heavy atom. The molecule has 0 atom stereocenters. The van der Waals surface area contributed by atoms with E-state index >= 15 is 0 Å². The first-order valence-corrected chi connectivity index (χ1v) is 3.63. The molecule has 0 heterocycles. The maximum absolute atomic E-state index is 2.12. The Morgan fingerprint density at radius 3 is 0.846 bits per heavy atom. The Morgan fingerprint density at radius 1 is 0.538 bits per heavy atom. The molecule has 13 heavy (non-hydrogen) atoms. The van der Waals surface area contributed by atoms with Crippen LogP contribution in [0.2, 0.25) is 0 Å². The van der Waals surface area contributed by atoms with Crippen molar-refractivity contribution in [1.29, 1.82) is 0 Å². The summed E-state index contributed by atoms with van der Waals surface area (Å²) in [5.74, 6) is 0. The summed E-state index contributed by atoms with van der Waals surface area (Å²) < 4.78 is 0. The Balaban J connectivity index is -0.000000125. The fourth-order valence-electron chi connectivity index (χ4n) is 0.786. The third-order valence-electron chi connectivity index (χ3n) is 1.31. The molecule has 70 valence electrons. The predicted molar refractivity (Wildman–Crippen MR) is 45.8 cm³/mol. The van der Waals surface area contributed by atoms with Crippen LogP contribution in [0, 0.1) is 0 Å². The van der Waals surface area contributed by atoms with Crippen LogP contribution >= 0.6 is 0 Å². The molecule has 0 aromatic heterocycles. The molecule has 0 radical (unpaired) electrons. The van der Waals surface area contributed by atoms with Crippen LogP contribution < -0.4 is 24.8 Å². The SMILES string of the molecule is C1=CCC=C1.C1=CCC=C1.[Cl-].[Cl-].[W+4]. The van der Waals surface area contributed by atoms with Gasteiger partial charge in [-0.1, -0.05) is 48.6 Å². The minimum atomic E-state index is 0. The monoisotopic (exact) mass is 386 g/mol. The molecular formula is C10H12Cl2W+2. The van der Waals surface area contributed by atoms with Crippen molar-refractivity contribution in [3.8, 4) is 0 Å². The van der Waals surface area contributed by atoms with E-state index in [0.29, 0.717) is 0 Å². The molecule has 2 rings (SSSR count). The van der Waals surface area contributed by atoms with Crippen molar-refractivity contribution < 1.29 is 45.9 Å². The average Bonchev–Trinajstić information content (AvgIpc) is 2.67. The van der Waals surface area contributed by atoms with Crippen LogP contribution in [-0.2, 0) is 21.1 Å². The largest absolute Gasteiger partial charge is 4.00 e. The molecule has 0 aromatic rings. The predicted octanol–water partition coefficient (Wildman–Crippen LogP) is -2.99. The Labute approximate surface area is 107 Å². The van der Waals surface area contributed by atoms with Crippen LogP contribution in [0.5, 0.6) is 0 Å². The summed E-state index contributed by atoms with van der Waals surface area (Å²) in [5.41, 5.74) is 0. The van der Waals surface area contributed by atoms with Gasteiger partial charge in [0.25, 0.3) is 0 Å². The Bertz CT molecular complexity index is 151. The molecule has 0 unspecified atom stereocenters. The van der Waals surface area contributed by atoms with Crippen molar-refractivity contribution in [2.75, 3.05) is 0 Å². The molecule has 2 aliphatic rings. The Kier molecular flexibility index (Phi) is 21.4. The van der Waals surface area contributed by atoms with E-state index in [4.69, 9.17) is 0 Å². The third-order valence-corrected chi connectivity index (χ3v) is 1.31. The van der Waals surface area contributed by atoms with Crippen LogP contribution in [0.25, 0.3) is 0 Å². The summed E-state index contributed by atoms with van der Waals surface area (Å²) in [7, 11) is 0. The summed E-state index contributed by atoms with van der Waals surface area (Å²) in [6.07, 6.45) is 19.0. The standard InChI is InChI=1S/2C5H6.2ClH.W/c2*1-2-4-5-3-1;;;/h2*1-4H,5H2;2*1H;/q;;;;+4/p-2. The zero-order valence-electron chi connectivity index (χ0n) is 7.20. The quantitative estimate of drug-likeness (QED) is 0.416. The van der Waals surface area contributed by atoms with Gasteiger partial charge in [0.2, 0.25) is 0 Å². The number of rotatable bonds is 0. The maximum atomic E-state index is 2.12. The summed E-state index contributed by atoms with van der Waals surface area (Å²) in [6, 6.07) is 0. The molecule has 0 nitrogen and oxygen atoms in total. The maximum Gasteiger partial charge on any atom is 4.00 e. The smallest absolute Gasteiger partial charge is 1.00 e. The second kappa shape index (κ2) is 14.7. The second-order valence-corrected chi connectivity index (χ2v) is 2.18. The molecule has 0 saturated heterocycles. The van der Waals surface area contributed by atoms with Crippen LogP contribution in [-0.4, -0.2) is 0 Å². The minimum Gasteiger partial charge on any atom is -1.00 e. The first-order chi connectivity index (χ1) is 5.00. The minimum absolute atomic E-state index is 0. The van der Waals surface area contributed by atoms with Crippen molar-refractivity contribution in [3.05, 3.63) is 48.6 Å². The molecule has 0 aromatic carbocycles. The summed E-state index contributed by atoms with van der Waals surface area (Å²) in [6.45, 7) is 0. The van der Waals surface area contributed by atoms with E-state index in [0.717, 1.165) is 12.8 Å². The summed E-state index contributed by atoms with van der Waals surface area (Å²) in [5, 5.41) is 0. The molecule has 0 fully saturated rings. The number of hydrogen-bond donors (Lipinski definition) is 0. The van der Waals surface area contributed by atoms with Gasteiger partial charge in [-0.3, -0.25) is 0 Å². The molecule has 0 aliphatic heterocycles. The number of hydrogen-bond acceptors (Lipinski definition) is 0. The van der Waals surface area contributed by atoms with Gasteiger partial charge in [-0.25, -0.2) is 0 Å². The van der Waals surface area contributed by atoms with Crippen LogP contribution in [0.15, 0.2) is 48.6 Å². The zero-order chi connectivity index (χ0) is 7.07. The van der Waals surface area contributed by atoms with Crippen molar-refractivity contribution in [1.82, 2.24) is 0 Å². The molecule has 0 bridgehead atoms. The van der Waals surface area contributed by atoms with Crippen LogP contribution in [0.4, 0.5) is 0 Å². The summed E-state index contributed by atoms with van der Waals surface area (Å²) >= 11 is 0. The van der Waals surface area contributed by atoms with E-state index in [1.165, 1.54) is 0 Å². The van der Waals surface area contributed by atoms with Gasteiger partial charge in [-0.2, -0.15) is 0 Å². The molecule has 0 spiro atoms. The van der Waals surface area contributed by atoms with Crippen LogP contribution in [0.3, 0.4) is 0 Å². The van der Waals surface area contributed by atoms with E-state index in [9.17, 15) is 0 Å². The Hall–Kier alpha value is 0.228. The van der Waals surface area contributed by atoms with E-state index in [-0.39, 0.29) is 45.9 Å². The number of halogens is 2. The molecular weight excluding hydrogens is 375 g/mol. The fraction of sp³-hybridized carbons (Fsp3) is 0.200. The zero-order valence-corrected chi connectivity index (χ0v) is 11.6. The van der Waals surface area contributed by atoms with E-state index in [1.807, 2.05) is 0 Å². The first-order valence-electron chi connectivity index (χ1n) is 3.63. The normalized spacial score (nSPS) is 13.5. The van der Waals surface area contributed by atoms with Crippen molar-refractivity contribution in [2.24, 2.45) is 0 Å². The fourth-order valence-corrected chi connectivity index (χ4v) is 0.786. The van der Waals surface area contributed by atoms with Gasteiger partial charge in [-0.05, 0) is 12.8 Å². The number of allylic oxidation sites excluding steroid dienone is 8. The van der Waals surface area contributed by atoms with Gasteiger partial charge < -0.3 is 24.8 Å². The van der Waals surface area contributed by atoms with Gasteiger partial charge in [0.15, 0.2) is 0 Å². The van der Waals surface area contributed by atoms with Crippen molar-refractivity contribution >= 4 is 0 Å². The molecule has 0 saturated carbocycles. The molecule has 0 amide bonds. The van der Waals surface area contributed by atoms with Gasteiger partial charge in [0, 0.05) is 0 Å². The molecule has 2 aliphatic carbocycles. The average molecular weight is 387 g/mol. The first kappa shape index (κ1) is 18.9. The van der Waals surface area contributed by atoms with E-state index < -0.39 is 0 Å². The van der Waals surface area contributed by atoms with Gasteiger partial charge in [-0.15, -0.1) is 0 Å². The molecule has 0 N–H and O–H groups in total. The van der Waals surface area contributed by atoms with Gasteiger partial charge in [0.05, 0.1) is 0 Å². The second-order valence-electron chi connectivity index (χ2n) is 2.18. The van der Waals surface area contributed by atoms with E-state index in [1.54, 1.807) is 0 Å². The van der Waals surface area contributed by atoms with Gasteiger partial charge in [0.1, 0.15) is 0 Å². The van der Waals surface area contributed by atoms with E-state index in [2.05, 4.69) is 48.6 Å². The third kappa shape index (κ3) is 12.2. The van der Waals surface area contributed by atoms with Gasteiger partial charge >= 0.3 is 21.1 Å².